The Kier molecular flexibility index (Phi) is 3.93. The molecule has 3 aromatic rings. The highest BCUT2D eigenvalue weighted by molar-refractivity contribution is 5.84. The summed E-state index contributed by atoms with van der Waals surface area (Å²) < 4.78 is 5.24. The smallest absolute Gasteiger partial charge is 0.119 e. The average Bonchev–Trinajstić information content (AvgIpc) is 2.59. The van der Waals surface area contributed by atoms with Crippen molar-refractivity contribution in [1.29, 1.82) is 5.26 Å². The maximum absolute atomic E-state index is 9.10. The number of hydrogen-bond acceptors (Lipinski definition) is 3. The molecule has 0 aromatic heterocycles. The number of para-hydroxylation sites is 1. The summed E-state index contributed by atoms with van der Waals surface area (Å²) in [5.41, 5.74) is 2.69. The fraction of sp³-hybridized carbons (Fsp3) is 0.105. The molecule has 0 radical (unpaired) electrons. The molecule has 0 aliphatic carbocycles. The molecule has 3 rings (SSSR count). The molecule has 0 bridgehead atoms. The number of methoxy groups -OCH3 is 1. The normalized spacial score (nSPS) is 10.2. The summed E-state index contributed by atoms with van der Waals surface area (Å²) in [5.74, 6) is 0.862. The summed E-state index contributed by atoms with van der Waals surface area (Å²) in [4.78, 5) is 0. The van der Waals surface area contributed by atoms with Crippen molar-refractivity contribution >= 4 is 16.5 Å². The number of nitriles is 1. The molecule has 1 N–H and O–H groups in total. The molecular formula is C19H16N2O. The van der Waals surface area contributed by atoms with Crippen molar-refractivity contribution in [3.05, 3.63) is 71.8 Å². The molecule has 0 atom stereocenters. The van der Waals surface area contributed by atoms with Crippen molar-refractivity contribution in [2.45, 2.75) is 6.54 Å². The van der Waals surface area contributed by atoms with E-state index in [0.29, 0.717) is 12.1 Å². The Morgan fingerprint density at radius 2 is 1.77 bits per heavy atom. The van der Waals surface area contributed by atoms with E-state index in [-0.39, 0.29) is 0 Å². The molecule has 0 saturated carbocycles. The summed E-state index contributed by atoms with van der Waals surface area (Å²) in [6.07, 6.45) is 0. The molecule has 0 saturated heterocycles. The van der Waals surface area contributed by atoms with Crippen molar-refractivity contribution in [2.24, 2.45) is 0 Å². The summed E-state index contributed by atoms with van der Waals surface area (Å²) in [5, 5.41) is 14.8. The van der Waals surface area contributed by atoms with Gasteiger partial charge in [-0.15, -0.1) is 0 Å². The molecule has 0 aliphatic rings. The van der Waals surface area contributed by atoms with Crippen LogP contribution in [0.25, 0.3) is 10.8 Å². The number of fused-ring (bicyclic) bond motifs is 1. The fourth-order valence-corrected chi connectivity index (χ4v) is 2.44. The first kappa shape index (κ1) is 14.0. The minimum Gasteiger partial charge on any atom is -0.497 e. The van der Waals surface area contributed by atoms with E-state index in [9.17, 15) is 0 Å². The standard InChI is InChI=1S/C19H16N2O/c1-22-18-9-8-15-10-14(6-7-16(15)11-18)13-21-19-5-3-2-4-17(19)12-20/h2-11,21H,13H2,1H3. The van der Waals surface area contributed by atoms with Gasteiger partial charge in [-0.2, -0.15) is 5.26 Å². The predicted molar refractivity (Wildman–Crippen MR) is 89.0 cm³/mol. The molecule has 3 nitrogen and oxygen atoms in total. The predicted octanol–water partition coefficient (Wildman–Crippen LogP) is 4.33. The van der Waals surface area contributed by atoms with Crippen LogP contribution in [-0.4, -0.2) is 7.11 Å². The summed E-state index contributed by atoms with van der Waals surface area (Å²) >= 11 is 0. The van der Waals surface area contributed by atoms with Crippen LogP contribution in [0.1, 0.15) is 11.1 Å². The minimum atomic E-state index is 0.660. The first-order valence-electron chi connectivity index (χ1n) is 7.10. The number of nitrogens with zero attached hydrogens (tertiary/aromatic N) is 1. The van der Waals surface area contributed by atoms with Crippen LogP contribution in [0.3, 0.4) is 0 Å². The molecule has 0 fully saturated rings. The van der Waals surface area contributed by atoms with E-state index in [1.165, 1.54) is 10.9 Å². The van der Waals surface area contributed by atoms with Gasteiger partial charge in [0.15, 0.2) is 0 Å². The zero-order chi connectivity index (χ0) is 15.4. The summed E-state index contributed by atoms with van der Waals surface area (Å²) in [6, 6.07) is 22.1. The molecule has 0 spiro atoms. The van der Waals surface area contributed by atoms with Crippen LogP contribution in [-0.2, 0) is 6.54 Å². The largest absolute Gasteiger partial charge is 0.497 e. The zero-order valence-corrected chi connectivity index (χ0v) is 12.3. The molecule has 0 unspecified atom stereocenters. The Bertz CT molecular complexity index is 849. The second-order valence-corrected chi connectivity index (χ2v) is 5.06. The van der Waals surface area contributed by atoms with Gasteiger partial charge < -0.3 is 10.1 Å². The lowest BCUT2D eigenvalue weighted by Gasteiger charge is -2.09. The van der Waals surface area contributed by atoms with E-state index in [2.05, 4.69) is 35.7 Å². The molecule has 0 heterocycles. The average molecular weight is 288 g/mol. The van der Waals surface area contributed by atoms with Gasteiger partial charge in [-0.1, -0.05) is 30.3 Å². The van der Waals surface area contributed by atoms with Gasteiger partial charge in [-0.3, -0.25) is 0 Å². The lowest BCUT2D eigenvalue weighted by Crippen LogP contribution is -2.01. The van der Waals surface area contributed by atoms with Crippen LogP contribution in [0.2, 0.25) is 0 Å². The van der Waals surface area contributed by atoms with Crippen LogP contribution >= 0.6 is 0 Å². The van der Waals surface area contributed by atoms with E-state index in [0.717, 1.165) is 16.8 Å². The van der Waals surface area contributed by atoms with Crippen LogP contribution in [0.5, 0.6) is 5.75 Å². The third-order valence-corrected chi connectivity index (χ3v) is 3.64. The van der Waals surface area contributed by atoms with E-state index in [1.807, 2.05) is 36.4 Å². The third kappa shape index (κ3) is 2.87. The van der Waals surface area contributed by atoms with E-state index < -0.39 is 0 Å². The molecular weight excluding hydrogens is 272 g/mol. The Morgan fingerprint density at radius 3 is 2.59 bits per heavy atom. The quantitative estimate of drug-likeness (QED) is 0.777. The number of anilines is 1. The maximum Gasteiger partial charge on any atom is 0.119 e. The van der Waals surface area contributed by atoms with E-state index in [4.69, 9.17) is 10.00 Å². The van der Waals surface area contributed by atoms with Gasteiger partial charge in [0.25, 0.3) is 0 Å². The van der Waals surface area contributed by atoms with Crippen LogP contribution < -0.4 is 10.1 Å². The van der Waals surface area contributed by atoms with Gasteiger partial charge in [0.1, 0.15) is 11.8 Å². The van der Waals surface area contributed by atoms with Crippen molar-refractivity contribution < 1.29 is 4.74 Å². The first-order chi connectivity index (χ1) is 10.8. The van der Waals surface area contributed by atoms with E-state index >= 15 is 0 Å². The van der Waals surface area contributed by atoms with Gasteiger partial charge in [0, 0.05) is 6.54 Å². The monoisotopic (exact) mass is 288 g/mol. The molecule has 0 aliphatic heterocycles. The number of rotatable bonds is 4. The highest BCUT2D eigenvalue weighted by atomic mass is 16.5. The molecule has 22 heavy (non-hydrogen) atoms. The third-order valence-electron chi connectivity index (χ3n) is 3.64. The lowest BCUT2D eigenvalue weighted by atomic mass is 10.1. The minimum absolute atomic E-state index is 0.660. The maximum atomic E-state index is 9.10. The highest BCUT2D eigenvalue weighted by Crippen LogP contribution is 2.22. The van der Waals surface area contributed by atoms with E-state index in [1.54, 1.807) is 7.11 Å². The number of nitrogens with one attached hydrogen (secondary N) is 1. The summed E-state index contributed by atoms with van der Waals surface area (Å²) in [6.45, 7) is 0.681. The summed E-state index contributed by atoms with van der Waals surface area (Å²) in [7, 11) is 1.67. The Morgan fingerprint density at radius 1 is 1.00 bits per heavy atom. The number of ether oxygens (including phenoxy) is 1. The van der Waals surface area contributed by atoms with Crippen LogP contribution in [0.4, 0.5) is 5.69 Å². The van der Waals surface area contributed by atoms with Crippen molar-refractivity contribution in [3.8, 4) is 11.8 Å². The highest BCUT2D eigenvalue weighted by Gasteiger charge is 2.02. The van der Waals surface area contributed by atoms with Gasteiger partial charge >= 0.3 is 0 Å². The zero-order valence-electron chi connectivity index (χ0n) is 12.3. The van der Waals surface area contributed by atoms with Gasteiger partial charge in [0.2, 0.25) is 0 Å². The molecule has 0 amide bonds. The molecule has 3 aromatic carbocycles. The second-order valence-electron chi connectivity index (χ2n) is 5.06. The lowest BCUT2D eigenvalue weighted by molar-refractivity contribution is 0.415. The first-order valence-corrected chi connectivity index (χ1v) is 7.10. The second kappa shape index (κ2) is 6.19. The van der Waals surface area contributed by atoms with Crippen molar-refractivity contribution in [3.63, 3.8) is 0 Å². The fourth-order valence-electron chi connectivity index (χ4n) is 2.44. The van der Waals surface area contributed by atoms with Crippen molar-refractivity contribution in [2.75, 3.05) is 12.4 Å². The van der Waals surface area contributed by atoms with Crippen LogP contribution in [0, 0.1) is 11.3 Å². The molecule has 3 heteroatoms. The van der Waals surface area contributed by atoms with Gasteiger partial charge in [-0.25, -0.2) is 0 Å². The van der Waals surface area contributed by atoms with Crippen molar-refractivity contribution in [1.82, 2.24) is 0 Å². The van der Waals surface area contributed by atoms with Gasteiger partial charge in [-0.05, 0) is 46.7 Å². The molecule has 108 valence electrons. The number of benzene rings is 3. The SMILES string of the molecule is COc1ccc2cc(CNc3ccccc3C#N)ccc2c1. The van der Waals surface area contributed by atoms with Gasteiger partial charge in [0.05, 0.1) is 18.4 Å². The van der Waals surface area contributed by atoms with Crippen LogP contribution in [0.15, 0.2) is 60.7 Å². The Labute approximate surface area is 129 Å². The Hall–Kier alpha value is -2.99. The Balaban J connectivity index is 1.81. The topological polar surface area (TPSA) is 45.0 Å². The number of hydrogen-bond donors (Lipinski definition) is 1.